The third-order valence-electron chi connectivity index (χ3n) is 7.07. The predicted octanol–water partition coefficient (Wildman–Crippen LogP) is 5.04. The summed E-state index contributed by atoms with van der Waals surface area (Å²) in [6.45, 7) is 9.64. The lowest BCUT2D eigenvalue weighted by molar-refractivity contribution is -0.00380. The second kappa shape index (κ2) is 7.80. The average molecular weight is 341 g/mol. The minimum atomic E-state index is 0.631. The molecule has 3 fully saturated rings. The van der Waals surface area contributed by atoms with E-state index in [9.17, 15) is 0 Å². The minimum absolute atomic E-state index is 0.631. The van der Waals surface area contributed by atoms with E-state index in [0.29, 0.717) is 5.92 Å². The van der Waals surface area contributed by atoms with Gasteiger partial charge in [-0.3, -0.25) is 9.80 Å². The maximum Gasteiger partial charge on any atom is 0.0283 e. The van der Waals surface area contributed by atoms with Crippen LogP contribution in [-0.4, -0.2) is 41.5 Å². The summed E-state index contributed by atoms with van der Waals surface area (Å²) < 4.78 is 0. The maximum atomic E-state index is 2.87. The van der Waals surface area contributed by atoms with Crippen molar-refractivity contribution in [3.8, 4) is 0 Å². The van der Waals surface area contributed by atoms with E-state index in [2.05, 4.69) is 47.9 Å². The zero-order valence-electron chi connectivity index (χ0n) is 16.3. The van der Waals surface area contributed by atoms with Crippen LogP contribution in [0.25, 0.3) is 0 Å². The van der Waals surface area contributed by atoms with Crippen LogP contribution in [0.2, 0.25) is 0 Å². The number of benzene rings is 1. The summed E-state index contributed by atoms with van der Waals surface area (Å²) in [7, 11) is 0. The maximum absolute atomic E-state index is 2.87. The molecule has 1 aromatic carbocycles. The second-order valence-electron chi connectivity index (χ2n) is 9.00. The van der Waals surface area contributed by atoms with Gasteiger partial charge in [0.25, 0.3) is 0 Å². The van der Waals surface area contributed by atoms with Gasteiger partial charge in [-0.1, -0.05) is 57.4 Å². The van der Waals surface area contributed by atoms with Crippen molar-refractivity contribution in [3.05, 3.63) is 35.4 Å². The molecular weight excluding hydrogens is 304 g/mol. The first-order chi connectivity index (χ1) is 12.2. The van der Waals surface area contributed by atoms with Gasteiger partial charge in [-0.25, -0.2) is 0 Å². The number of piperazine rings is 1. The number of hydrogen-bond acceptors (Lipinski definition) is 2. The highest BCUT2D eigenvalue weighted by Crippen LogP contribution is 2.38. The van der Waals surface area contributed by atoms with E-state index in [1.807, 2.05) is 0 Å². The van der Waals surface area contributed by atoms with Gasteiger partial charge in [0.15, 0.2) is 0 Å². The molecule has 2 atom stereocenters. The van der Waals surface area contributed by atoms with Gasteiger partial charge in [-0.2, -0.15) is 0 Å². The first kappa shape index (κ1) is 17.5. The van der Waals surface area contributed by atoms with Crippen LogP contribution in [0.15, 0.2) is 24.3 Å². The van der Waals surface area contributed by atoms with E-state index in [-0.39, 0.29) is 0 Å². The Balaban J connectivity index is 1.51. The Labute approximate surface area is 154 Å². The van der Waals surface area contributed by atoms with Crippen LogP contribution < -0.4 is 0 Å². The molecule has 25 heavy (non-hydrogen) atoms. The molecule has 1 aliphatic carbocycles. The molecule has 0 radical (unpaired) electrons. The highest BCUT2D eigenvalue weighted by Gasteiger charge is 2.42. The molecule has 0 bridgehead atoms. The molecule has 0 unspecified atom stereocenters. The molecule has 1 aromatic rings. The van der Waals surface area contributed by atoms with Crippen molar-refractivity contribution >= 4 is 0 Å². The lowest BCUT2D eigenvalue weighted by Crippen LogP contribution is -2.59. The summed E-state index contributed by atoms with van der Waals surface area (Å²) in [6, 6.07) is 11.1. The lowest BCUT2D eigenvalue weighted by Gasteiger charge is -2.49. The normalized spacial score (nSPS) is 29.2. The van der Waals surface area contributed by atoms with Crippen LogP contribution in [0.5, 0.6) is 0 Å². The van der Waals surface area contributed by atoms with Gasteiger partial charge < -0.3 is 0 Å². The van der Waals surface area contributed by atoms with Crippen molar-refractivity contribution in [1.82, 2.24) is 9.80 Å². The Morgan fingerprint density at radius 2 is 1.64 bits per heavy atom. The van der Waals surface area contributed by atoms with Crippen molar-refractivity contribution in [3.63, 3.8) is 0 Å². The van der Waals surface area contributed by atoms with Gasteiger partial charge in [0.1, 0.15) is 0 Å². The molecule has 1 saturated carbocycles. The van der Waals surface area contributed by atoms with Crippen LogP contribution in [0.4, 0.5) is 0 Å². The van der Waals surface area contributed by atoms with Crippen LogP contribution in [0.3, 0.4) is 0 Å². The summed E-state index contributed by atoms with van der Waals surface area (Å²) in [5, 5.41) is 0. The van der Waals surface area contributed by atoms with Gasteiger partial charge in [0, 0.05) is 31.7 Å². The van der Waals surface area contributed by atoms with Crippen molar-refractivity contribution in [2.24, 2.45) is 5.92 Å². The summed E-state index contributed by atoms with van der Waals surface area (Å²) >= 11 is 0. The quantitative estimate of drug-likeness (QED) is 0.758. The number of hydrogen-bond donors (Lipinski definition) is 0. The Hall–Kier alpha value is -0.860. The van der Waals surface area contributed by atoms with Crippen molar-refractivity contribution in [1.29, 1.82) is 0 Å². The fourth-order valence-corrected chi connectivity index (χ4v) is 5.68. The standard InChI is InChI=1S/C23H36N2/c1-18(2)20-12-10-19(11-13-20)17-25-16-15-24-14-6-9-22(24)23(25)21-7-4-3-5-8-21/h10-13,18,21-23H,3-9,14-17H2,1-2H3/t22-,23+/m1/s1. The van der Waals surface area contributed by atoms with E-state index in [1.54, 1.807) is 0 Å². The number of nitrogens with zero attached hydrogens (tertiary/aromatic N) is 2. The Morgan fingerprint density at radius 1 is 0.880 bits per heavy atom. The Kier molecular flexibility index (Phi) is 5.47. The second-order valence-corrected chi connectivity index (χ2v) is 9.00. The van der Waals surface area contributed by atoms with Crippen LogP contribution >= 0.6 is 0 Å². The molecule has 2 aliphatic heterocycles. The van der Waals surface area contributed by atoms with Crippen molar-refractivity contribution in [2.75, 3.05) is 19.6 Å². The highest BCUT2D eigenvalue weighted by atomic mass is 15.3. The summed E-state index contributed by atoms with van der Waals surface area (Å²) in [5.41, 5.74) is 2.98. The zero-order valence-corrected chi connectivity index (χ0v) is 16.3. The van der Waals surface area contributed by atoms with Gasteiger partial charge >= 0.3 is 0 Å². The fourth-order valence-electron chi connectivity index (χ4n) is 5.68. The summed E-state index contributed by atoms with van der Waals surface area (Å²) in [5.74, 6) is 1.57. The molecule has 4 rings (SSSR count). The van der Waals surface area contributed by atoms with Crippen LogP contribution in [-0.2, 0) is 6.54 Å². The average Bonchev–Trinajstić information content (AvgIpc) is 3.11. The van der Waals surface area contributed by atoms with Gasteiger partial charge in [0.05, 0.1) is 0 Å². The molecule has 0 aromatic heterocycles. The largest absolute Gasteiger partial charge is 0.298 e. The summed E-state index contributed by atoms with van der Waals surface area (Å²) in [6.07, 6.45) is 10.2. The molecule has 0 N–H and O–H groups in total. The minimum Gasteiger partial charge on any atom is -0.298 e. The molecular formula is C23H36N2. The summed E-state index contributed by atoms with van der Waals surface area (Å²) in [4.78, 5) is 5.69. The van der Waals surface area contributed by atoms with E-state index in [4.69, 9.17) is 0 Å². The van der Waals surface area contributed by atoms with Gasteiger partial charge in [0.2, 0.25) is 0 Å². The first-order valence-electron chi connectivity index (χ1n) is 10.8. The first-order valence-corrected chi connectivity index (χ1v) is 10.8. The monoisotopic (exact) mass is 340 g/mol. The lowest BCUT2D eigenvalue weighted by atomic mass is 9.78. The van der Waals surface area contributed by atoms with E-state index in [0.717, 1.165) is 24.5 Å². The topological polar surface area (TPSA) is 6.48 Å². The molecule has 2 heterocycles. The van der Waals surface area contributed by atoms with Crippen molar-refractivity contribution < 1.29 is 0 Å². The zero-order chi connectivity index (χ0) is 17.2. The van der Waals surface area contributed by atoms with Crippen LogP contribution in [0, 0.1) is 5.92 Å². The predicted molar refractivity (Wildman–Crippen MR) is 106 cm³/mol. The molecule has 2 heteroatoms. The van der Waals surface area contributed by atoms with Crippen molar-refractivity contribution in [2.45, 2.75) is 83.3 Å². The molecule has 2 saturated heterocycles. The Morgan fingerprint density at radius 3 is 2.36 bits per heavy atom. The highest BCUT2D eigenvalue weighted by molar-refractivity contribution is 5.25. The molecule has 0 amide bonds. The van der Waals surface area contributed by atoms with E-state index >= 15 is 0 Å². The Bertz CT molecular complexity index is 544. The van der Waals surface area contributed by atoms with Gasteiger partial charge in [-0.15, -0.1) is 0 Å². The van der Waals surface area contributed by atoms with E-state index in [1.165, 1.54) is 75.7 Å². The third kappa shape index (κ3) is 3.80. The number of fused-ring (bicyclic) bond motifs is 1. The third-order valence-corrected chi connectivity index (χ3v) is 7.07. The molecule has 2 nitrogen and oxygen atoms in total. The van der Waals surface area contributed by atoms with E-state index < -0.39 is 0 Å². The molecule has 138 valence electrons. The molecule has 3 aliphatic rings. The molecule has 0 spiro atoms. The fraction of sp³-hybridized carbons (Fsp3) is 0.739. The SMILES string of the molecule is CC(C)c1ccc(CN2CCN3CCC[C@@H]3[C@@H]2C2CCCCC2)cc1. The van der Waals surface area contributed by atoms with Gasteiger partial charge in [-0.05, 0) is 55.2 Å². The van der Waals surface area contributed by atoms with Crippen LogP contribution in [0.1, 0.15) is 75.8 Å². The number of rotatable bonds is 4. The smallest absolute Gasteiger partial charge is 0.0283 e.